The molecule has 2 N–H and O–H groups in total. The fourth-order valence-corrected chi connectivity index (χ4v) is 4.33. The number of benzene rings is 1. The van der Waals surface area contributed by atoms with Crippen molar-refractivity contribution in [2.45, 2.75) is 13.5 Å². The normalized spacial score (nSPS) is 11.4. The number of rotatable bonds is 6. The lowest BCUT2D eigenvalue weighted by molar-refractivity contribution is 0.602. The molecular formula is C13H14Br2N2O2S2. The van der Waals surface area contributed by atoms with Crippen molar-refractivity contribution < 1.29 is 8.42 Å². The van der Waals surface area contributed by atoms with E-state index < -0.39 is 10.0 Å². The highest BCUT2D eigenvalue weighted by Gasteiger charge is 2.07. The Morgan fingerprint density at radius 3 is 2.29 bits per heavy atom. The van der Waals surface area contributed by atoms with Gasteiger partial charge in [0, 0.05) is 27.3 Å². The lowest BCUT2D eigenvalue weighted by Gasteiger charge is -2.08. The molecule has 0 radical (unpaired) electrons. The Hall–Kier alpha value is -0.570. The molecule has 0 bridgehead atoms. The number of anilines is 2. The third kappa shape index (κ3) is 4.98. The number of hydrogen-bond donors (Lipinski definition) is 2. The molecular weight excluding hydrogens is 440 g/mol. The molecule has 4 nitrogen and oxygen atoms in total. The van der Waals surface area contributed by atoms with Crippen molar-refractivity contribution in [1.82, 2.24) is 0 Å². The van der Waals surface area contributed by atoms with Gasteiger partial charge in [0.25, 0.3) is 0 Å². The van der Waals surface area contributed by atoms with E-state index in [4.69, 9.17) is 0 Å². The molecule has 0 aliphatic heterocycles. The van der Waals surface area contributed by atoms with Crippen LogP contribution in [-0.2, 0) is 16.6 Å². The van der Waals surface area contributed by atoms with E-state index in [-0.39, 0.29) is 5.75 Å². The number of hydrogen-bond acceptors (Lipinski definition) is 4. The first kappa shape index (κ1) is 16.8. The molecule has 1 aromatic heterocycles. The van der Waals surface area contributed by atoms with Crippen LogP contribution in [0.1, 0.15) is 11.8 Å². The van der Waals surface area contributed by atoms with Crippen LogP contribution in [-0.4, -0.2) is 14.2 Å². The van der Waals surface area contributed by atoms with Crippen molar-refractivity contribution in [1.29, 1.82) is 0 Å². The summed E-state index contributed by atoms with van der Waals surface area (Å²) < 4.78 is 27.6. The van der Waals surface area contributed by atoms with Crippen LogP contribution >= 0.6 is 43.2 Å². The maximum absolute atomic E-state index is 11.5. The van der Waals surface area contributed by atoms with Gasteiger partial charge in [-0.3, -0.25) is 4.72 Å². The minimum absolute atomic E-state index is 0.0646. The maximum atomic E-state index is 11.5. The third-order valence-corrected chi connectivity index (χ3v) is 7.26. The zero-order chi connectivity index (χ0) is 15.5. The Balaban J connectivity index is 1.96. The van der Waals surface area contributed by atoms with E-state index in [0.717, 1.165) is 20.5 Å². The Bertz CT molecular complexity index is 693. The summed E-state index contributed by atoms with van der Waals surface area (Å²) in [4.78, 5) is 1.20. The molecule has 0 aliphatic rings. The molecule has 0 atom stereocenters. The number of nitrogens with one attached hydrogen (secondary N) is 2. The Kier molecular flexibility index (Phi) is 5.70. The van der Waals surface area contributed by atoms with E-state index >= 15 is 0 Å². The average molecular weight is 454 g/mol. The fourth-order valence-electron chi connectivity index (χ4n) is 1.58. The summed E-state index contributed by atoms with van der Waals surface area (Å²) in [7, 11) is -3.22. The summed E-state index contributed by atoms with van der Waals surface area (Å²) in [6, 6.07) is 9.26. The van der Waals surface area contributed by atoms with Crippen molar-refractivity contribution in [2.75, 3.05) is 15.8 Å². The third-order valence-electron chi connectivity index (χ3n) is 2.70. The lowest BCUT2D eigenvalue weighted by atomic mass is 10.3. The van der Waals surface area contributed by atoms with Crippen LogP contribution in [0.3, 0.4) is 0 Å². The molecule has 1 heterocycles. The van der Waals surface area contributed by atoms with Crippen LogP contribution in [0.25, 0.3) is 0 Å². The molecule has 0 saturated heterocycles. The second-order valence-corrected chi connectivity index (χ2v) is 9.59. The second-order valence-electron chi connectivity index (χ2n) is 4.27. The monoisotopic (exact) mass is 452 g/mol. The molecule has 21 heavy (non-hydrogen) atoms. The highest BCUT2D eigenvalue weighted by atomic mass is 79.9. The molecule has 0 saturated carbocycles. The molecule has 0 amide bonds. The highest BCUT2D eigenvalue weighted by molar-refractivity contribution is 9.13. The largest absolute Gasteiger partial charge is 0.380 e. The van der Waals surface area contributed by atoms with E-state index in [0.29, 0.717) is 5.69 Å². The molecule has 2 rings (SSSR count). The van der Waals surface area contributed by atoms with E-state index in [1.54, 1.807) is 30.4 Å². The van der Waals surface area contributed by atoms with Gasteiger partial charge in [0.2, 0.25) is 10.0 Å². The first-order valence-electron chi connectivity index (χ1n) is 6.18. The summed E-state index contributed by atoms with van der Waals surface area (Å²) >= 11 is 8.59. The minimum atomic E-state index is -3.22. The summed E-state index contributed by atoms with van der Waals surface area (Å²) in [5.74, 6) is 0.0646. The number of sulfonamides is 1. The topological polar surface area (TPSA) is 58.2 Å². The predicted octanol–water partition coefficient (Wildman–Crippen LogP) is 4.65. The smallest absolute Gasteiger partial charge is 0.232 e. The van der Waals surface area contributed by atoms with Crippen molar-refractivity contribution >= 4 is 64.6 Å². The summed E-state index contributed by atoms with van der Waals surface area (Å²) in [6.45, 7) is 2.32. The van der Waals surface area contributed by atoms with Crippen molar-refractivity contribution in [2.24, 2.45) is 0 Å². The average Bonchev–Trinajstić information content (AvgIpc) is 2.77. The van der Waals surface area contributed by atoms with Crippen LogP contribution in [0, 0.1) is 0 Å². The Morgan fingerprint density at radius 2 is 1.76 bits per heavy atom. The van der Waals surface area contributed by atoms with Gasteiger partial charge in [-0.25, -0.2) is 8.42 Å². The molecule has 2 aromatic rings. The van der Waals surface area contributed by atoms with E-state index in [9.17, 15) is 8.42 Å². The van der Waals surface area contributed by atoms with Gasteiger partial charge in [0.05, 0.1) is 9.54 Å². The van der Waals surface area contributed by atoms with Gasteiger partial charge in [-0.05, 0) is 69.1 Å². The summed E-state index contributed by atoms with van der Waals surface area (Å²) in [6.07, 6.45) is 0. The van der Waals surface area contributed by atoms with E-state index in [1.807, 2.05) is 12.1 Å². The van der Waals surface area contributed by atoms with Gasteiger partial charge in [0.1, 0.15) is 0 Å². The van der Waals surface area contributed by atoms with Gasteiger partial charge in [-0.1, -0.05) is 0 Å². The van der Waals surface area contributed by atoms with Crippen LogP contribution < -0.4 is 10.0 Å². The van der Waals surface area contributed by atoms with E-state index in [1.165, 1.54) is 4.88 Å². The number of thiophene rings is 1. The van der Waals surface area contributed by atoms with Gasteiger partial charge in [-0.2, -0.15) is 0 Å². The van der Waals surface area contributed by atoms with E-state index in [2.05, 4.69) is 48.0 Å². The van der Waals surface area contributed by atoms with Crippen molar-refractivity contribution in [3.05, 3.63) is 43.5 Å². The molecule has 1 aromatic carbocycles. The zero-order valence-electron chi connectivity index (χ0n) is 11.2. The van der Waals surface area contributed by atoms with Crippen molar-refractivity contribution in [3.63, 3.8) is 0 Å². The van der Waals surface area contributed by atoms with Gasteiger partial charge < -0.3 is 5.32 Å². The van der Waals surface area contributed by atoms with Gasteiger partial charge >= 0.3 is 0 Å². The Morgan fingerprint density at radius 1 is 1.14 bits per heavy atom. The van der Waals surface area contributed by atoms with Crippen LogP contribution in [0.15, 0.2) is 38.6 Å². The van der Waals surface area contributed by atoms with Crippen LogP contribution in [0.5, 0.6) is 0 Å². The van der Waals surface area contributed by atoms with Gasteiger partial charge in [-0.15, -0.1) is 11.3 Å². The second kappa shape index (κ2) is 7.13. The summed E-state index contributed by atoms with van der Waals surface area (Å²) in [5, 5.41) is 3.30. The predicted molar refractivity (Wildman–Crippen MR) is 96.6 cm³/mol. The summed E-state index contributed by atoms with van der Waals surface area (Å²) in [5.41, 5.74) is 1.51. The minimum Gasteiger partial charge on any atom is -0.380 e. The first-order chi connectivity index (χ1) is 9.89. The number of halogens is 2. The van der Waals surface area contributed by atoms with Crippen LogP contribution in [0.4, 0.5) is 11.4 Å². The van der Waals surface area contributed by atoms with Crippen LogP contribution in [0.2, 0.25) is 0 Å². The lowest BCUT2D eigenvalue weighted by Crippen LogP contribution is -2.14. The Labute approximate surface area is 145 Å². The molecule has 0 fully saturated rings. The molecule has 0 spiro atoms. The molecule has 8 heteroatoms. The first-order valence-corrected chi connectivity index (χ1v) is 10.2. The highest BCUT2D eigenvalue weighted by Crippen LogP contribution is 2.32. The SMILES string of the molecule is CCS(=O)(=O)Nc1ccc(NCc2cc(Br)c(Br)s2)cc1. The molecule has 0 unspecified atom stereocenters. The van der Waals surface area contributed by atoms with Crippen molar-refractivity contribution in [3.8, 4) is 0 Å². The maximum Gasteiger partial charge on any atom is 0.232 e. The zero-order valence-corrected chi connectivity index (χ0v) is 16.0. The fraction of sp³-hybridized carbons (Fsp3) is 0.231. The standard InChI is InChI=1S/C13H14Br2N2O2S2/c1-2-21(18,19)17-10-5-3-9(4-6-10)16-8-11-7-12(14)13(15)20-11/h3-7,16-17H,2,8H2,1H3. The van der Waals surface area contributed by atoms with Gasteiger partial charge in [0.15, 0.2) is 0 Å². The molecule has 0 aliphatic carbocycles. The quantitative estimate of drug-likeness (QED) is 0.669. The molecule has 114 valence electrons.